The van der Waals surface area contributed by atoms with Crippen LogP contribution in [0, 0.1) is 6.92 Å². The third kappa shape index (κ3) is 3.84. The number of carbonyl (C=O) groups excluding carboxylic acids is 1. The zero-order valence-corrected chi connectivity index (χ0v) is 16.0. The smallest absolute Gasteiger partial charge is 0.308 e. The van der Waals surface area contributed by atoms with E-state index in [1.54, 1.807) is 0 Å². The molecule has 0 unspecified atom stereocenters. The van der Waals surface area contributed by atoms with Gasteiger partial charge in [0, 0.05) is 18.4 Å². The minimum absolute atomic E-state index is 0.116. The summed E-state index contributed by atoms with van der Waals surface area (Å²) in [4.78, 5) is 11.5. The number of cyclic esters (lactones) is 1. The summed E-state index contributed by atoms with van der Waals surface area (Å²) in [6.45, 7) is 10.9. The highest BCUT2D eigenvalue weighted by Crippen LogP contribution is 2.44. The number of fused-ring (bicyclic) bond motifs is 1. The number of rotatable bonds is 4. The molecule has 0 spiro atoms. The second-order valence-electron chi connectivity index (χ2n) is 8.51. The standard InChI is InChI=1S/C21H30O4/c1-12(2)17-8-13(3)16(20-18(17)11-21(4,5)25-20)7-6-15-9-14(22)10-19(23)24-15/h8,12,14-15,22H,6-7,9-11H2,1-5H3/t14-,15-/m0/s1. The highest BCUT2D eigenvalue weighted by atomic mass is 16.5. The molecule has 0 radical (unpaired) electrons. The van der Waals surface area contributed by atoms with E-state index in [1.807, 2.05) is 0 Å². The Hall–Kier alpha value is -1.55. The average molecular weight is 346 g/mol. The fraction of sp³-hybridized carbons (Fsp3) is 0.667. The molecule has 2 heterocycles. The quantitative estimate of drug-likeness (QED) is 0.842. The van der Waals surface area contributed by atoms with Gasteiger partial charge in [0.2, 0.25) is 0 Å². The van der Waals surface area contributed by atoms with Crippen molar-refractivity contribution in [2.75, 3.05) is 0 Å². The van der Waals surface area contributed by atoms with E-state index in [1.165, 1.54) is 22.3 Å². The van der Waals surface area contributed by atoms with Gasteiger partial charge in [-0.1, -0.05) is 19.9 Å². The number of ether oxygens (including phenoxy) is 2. The molecular formula is C21H30O4. The van der Waals surface area contributed by atoms with Gasteiger partial charge in [0.25, 0.3) is 0 Å². The second kappa shape index (κ2) is 6.64. The number of carbonyl (C=O) groups is 1. The second-order valence-corrected chi connectivity index (χ2v) is 8.51. The summed E-state index contributed by atoms with van der Waals surface area (Å²) < 4.78 is 11.7. The Bertz CT molecular complexity index is 675. The van der Waals surface area contributed by atoms with E-state index in [0.29, 0.717) is 12.3 Å². The van der Waals surface area contributed by atoms with Gasteiger partial charge in [-0.25, -0.2) is 0 Å². The molecule has 25 heavy (non-hydrogen) atoms. The SMILES string of the molecule is Cc1cc(C(C)C)c2c(c1CC[C@H]1C[C@H](O)CC(=O)O1)OC(C)(C)C2. The van der Waals surface area contributed by atoms with Crippen LogP contribution < -0.4 is 4.74 Å². The fourth-order valence-electron chi connectivity index (χ4n) is 4.11. The van der Waals surface area contributed by atoms with E-state index in [2.05, 4.69) is 40.7 Å². The molecular weight excluding hydrogens is 316 g/mol. The first-order valence-electron chi connectivity index (χ1n) is 9.38. The van der Waals surface area contributed by atoms with Crippen molar-refractivity contribution in [3.05, 3.63) is 28.3 Å². The molecule has 2 aliphatic heterocycles. The molecule has 4 heteroatoms. The van der Waals surface area contributed by atoms with Gasteiger partial charge in [0.1, 0.15) is 17.5 Å². The molecule has 1 saturated heterocycles. The van der Waals surface area contributed by atoms with Crippen LogP contribution in [-0.4, -0.2) is 28.9 Å². The Labute approximate surface area is 150 Å². The summed E-state index contributed by atoms with van der Waals surface area (Å²) >= 11 is 0. The summed E-state index contributed by atoms with van der Waals surface area (Å²) in [6, 6.07) is 2.30. The zero-order valence-electron chi connectivity index (χ0n) is 16.0. The minimum Gasteiger partial charge on any atom is -0.487 e. The first-order valence-corrected chi connectivity index (χ1v) is 9.38. The number of aliphatic hydroxyl groups excluding tert-OH is 1. The largest absolute Gasteiger partial charge is 0.487 e. The van der Waals surface area contributed by atoms with Crippen molar-refractivity contribution in [1.82, 2.24) is 0 Å². The number of hydrogen-bond donors (Lipinski definition) is 1. The Morgan fingerprint density at radius 1 is 1.36 bits per heavy atom. The molecule has 3 rings (SSSR count). The topological polar surface area (TPSA) is 55.8 Å². The van der Waals surface area contributed by atoms with Crippen molar-refractivity contribution in [1.29, 1.82) is 0 Å². The van der Waals surface area contributed by atoms with Crippen molar-refractivity contribution in [3.8, 4) is 5.75 Å². The minimum atomic E-state index is -0.573. The van der Waals surface area contributed by atoms with Crippen LogP contribution in [0.2, 0.25) is 0 Å². The van der Waals surface area contributed by atoms with Gasteiger partial charge >= 0.3 is 5.97 Å². The molecule has 0 bridgehead atoms. The van der Waals surface area contributed by atoms with Gasteiger partial charge in [-0.15, -0.1) is 0 Å². The van der Waals surface area contributed by atoms with Gasteiger partial charge in [-0.2, -0.15) is 0 Å². The third-order valence-electron chi connectivity index (χ3n) is 5.30. The number of benzene rings is 1. The average Bonchev–Trinajstić information content (AvgIpc) is 2.79. The molecule has 2 aliphatic rings. The molecule has 2 atom stereocenters. The van der Waals surface area contributed by atoms with Crippen molar-refractivity contribution in [2.24, 2.45) is 0 Å². The Morgan fingerprint density at radius 3 is 2.72 bits per heavy atom. The van der Waals surface area contributed by atoms with E-state index in [0.717, 1.165) is 25.0 Å². The molecule has 0 amide bonds. The highest BCUT2D eigenvalue weighted by Gasteiger charge is 2.35. The summed E-state index contributed by atoms with van der Waals surface area (Å²) in [7, 11) is 0. The van der Waals surface area contributed by atoms with E-state index in [-0.39, 0.29) is 24.1 Å². The molecule has 4 nitrogen and oxygen atoms in total. The van der Waals surface area contributed by atoms with Gasteiger partial charge < -0.3 is 14.6 Å². The van der Waals surface area contributed by atoms with Gasteiger partial charge in [-0.05, 0) is 56.2 Å². The van der Waals surface area contributed by atoms with Gasteiger partial charge in [-0.3, -0.25) is 4.79 Å². The molecule has 1 aromatic rings. The van der Waals surface area contributed by atoms with Crippen LogP contribution in [0.1, 0.15) is 75.1 Å². The maximum atomic E-state index is 11.5. The van der Waals surface area contributed by atoms with E-state index >= 15 is 0 Å². The van der Waals surface area contributed by atoms with Gasteiger partial charge in [0.15, 0.2) is 0 Å². The maximum Gasteiger partial charge on any atom is 0.308 e. The normalized spacial score (nSPS) is 24.8. The lowest BCUT2D eigenvalue weighted by Gasteiger charge is -2.26. The summed E-state index contributed by atoms with van der Waals surface area (Å²) in [5, 5.41) is 9.80. The van der Waals surface area contributed by atoms with Gasteiger partial charge in [0.05, 0.1) is 12.5 Å². The molecule has 1 N–H and O–H groups in total. The van der Waals surface area contributed by atoms with E-state index in [4.69, 9.17) is 9.47 Å². The van der Waals surface area contributed by atoms with E-state index in [9.17, 15) is 9.90 Å². The first kappa shape index (κ1) is 18.2. The van der Waals surface area contributed by atoms with Crippen molar-refractivity contribution in [3.63, 3.8) is 0 Å². The van der Waals surface area contributed by atoms with E-state index < -0.39 is 6.10 Å². The molecule has 1 aromatic carbocycles. The summed E-state index contributed by atoms with van der Waals surface area (Å²) in [5.41, 5.74) is 4.99. The third-order valence-corrected chi connectivity index (χ3v) is 5.30. The van der Waals surface area contributed by atoms with Crippen molar-refractivity contribution < 1.29 is 19.4 Å². The lowest BCUT2D eigenvalue weighted by Crippen LogP contribution is -2.32. The van der Waals surface area contributed by atoms with Crippen LogP contribution in [0.3, 0.4) is 0 Å². The monoisotopic (exact) mass is 346 g/mol. The highest BCUT2D eigenvalue weighted by molar-refractivity contribution is 5.71. The zero-order chi connectivity index (χ0) is 18.4. The lowest BCUT2D eigenvalue weighted by atomic mass is 9.87. The van der Waals surface area contributed by atoms with Crippen LogP contribution in [0.15, 0.2) is 6.07 Å². The predicted molar refractivity (Wildman–Crippen MR) is 97.1 cm³/mol. The number of esters is 1. The van der Waals surface area contributed by atoms with Crippen molar-refractivity contribution >= 4 is 5.97 Å². The Balaban J connectivity index is 1.85. The van der Waals surface area contributed by atoms with Crippen LogP contribution in [0.5, 0.6) is 5.75 Å². The van der Waals surface area contributed by atoms with Crippen LogP contribution >= 0.6 is 0 Å². The lowest BCUT2D eigenvalue weighted by molar-refractivity contribution is -0.160. The van der Waals surface area contributed by atoms with Crippen molar-refractivity contribution in [2.45, 2.75) is 90.4 Å². The summed E-state index contributed by atoms with van der Waals surface area (Å²) in [5.74, 6) is 1.21. The first-order chi connectivity index (χ1) is 11.7. The Kier molecular flexibility index (Phi) is 4.84. The maximum absolute atomic E-state index is 11.5. The molecule has 0 aromatic heterocycles. The van der Waals surface area contributed by atoms with Crippen LogP contribution in [-0.2, 0) is 22.4 Å². The van der Waals surface area contributed by atoms with Crippen LogP contribution in [0.25, 0.3) is 0 Å². The van der Waals surface area contributed by atoms with Crippen LogP contribution in [0.4, 0.5) is 0 Å². The number of hydrogen-bond acceptors (Lipinski definition) is 4. The molecule has 0 aliphatic carbocycles. The number of aliphatic hydroxyl groups is 1. The molecule has 0 saturated carbocycles. The predicted octanol–water partition coefficient (Wildman–Crippen LogP) is 3.83. The number of aryl methyl sites for hydroxylation is 1. The summed E-state index contributed by atoms with van der Waals surface area (Å²) in [6.07, 6.45) is 2.32. The Morgan fingerprint density at radius 2 is 2.08 bits per heavy atom. The molecule has 1 fully saturated rings. The molecule has 138 valence electrons. The fourth-order valence-corrected chi connectivity index (χ4v) is 4.11.